The molecule has 0 N–H and O–H groups in total. The molecule has 2 aliphatic rings. The molecule has 1 aromatic carbocycles. The first kappa shape index (κ1) is 16.4. The number of halogens is 3. The molecule has 0 radical (unpaired) electrons. The van der Waals surface area contributed by atoms with E-state index in [-0.39, 0.29) is 11.4 Å². The number of hydrogen-bond donors (Lipinski definition) is 0. The number of aryl methyl sites for hydroxylation is 1. The first-order chi connectivity index (χ1) is 10.7. The van der Waals surface area contributed by atoms with E-state index in [1.807, 2.05) is 0 Å². The van der Waals surface area contributed by atoms with E-state index < -0.39 is 15.6 Å². The van der Waals surface area contributed by atoms with Gasteiger partial charge in [-0.3, -0.25) is 0 Å². The first-order valence-corrected chi connectivity index (χ1v) is 8.94. The van der Waals surface area contributed by atoms with Gasteiger partial charge in [0.15, 0.2) is 0 Å². The fraction of sp³-hybridized carbons (Fsp3) is 0.600. The number of fused-ring (bicyclic) bond motifs is 1. The standard InChI is InChI=1S/C15H17F3O4S/c16-15(17,18)23(19,20)22-12-5-4-11-6-9-14(21-13(11)10-12)7-2-1-3-8-14/h4-5,10H,1-3,6-9H2. The maximum Gasteiger partial charge on any atom is 0.534 e. The van der Waals surface area contributed by atoms with E-state index in [9.17, 15) is 21.6 Å². The van der Waals surface area contributed by atoms with Crippen LogP contribution in [0.4, 0.5) is 13.2 Å². The van der Waals surface area contributed by atoms with Gasteiger partial charge in [0.25, 0.3) is 0 Å². The van der Waals surface area contributed by atoms with Crippen molar-refractivity contribution in [2.45, 2.75) is 56.1 Å². The molecule has 128 valence electrons. The maximum absolute atomic E-state index is 12.4. The van der Waals surface area contributed by atoms with E-state index >= 15 is 0 Å². The Morgan fingerprint density at radius 2 is 1.78 bits per heavy atom. The van der Waals surface area contributed by atoms with Crippen LogP contribution in [-0.2, 0) is 16.5 Å². The zero-order chi connectivity index (χ0) is 16.7. The van der Waals surface area contributed by atoms with Crippen LogP contribution in [-0.4, -0.2) is 19.5 Å². The largest absolute Gasteiger partial charge is 0.534 e. The Bertz CT molecular complexity index is 691. The Kier molecular flexibility index (Phi) is 3.98. The number of rotatable bonds is 2. The summed E-state index contributed by atoms with van der Waals surface area (Å²) in [4.78, 5) is 0. The molecule has 1 aromatic rings. The average molecular weight is 350 g/mol. The summed E-state index contributed by atoms with van der Waals surface area (Å²) in [5.74, 6) is 0.0435. The normalized spacial score (nSPS) is 20.7. The third-order valence-electron chi connectivity index (χ3n) is 4.47. The molecule has 3 rings (SSSR count). The number of benzene rings is 1. The molecular weight excluding hydrogens is 333 g/mol. The molecule has 0 bridgehead atoms. The molecule has 1 aliphatic carbocycles. The SMILES string of the molecule is O=S(=O)(Oc1ccc2c(c1)OC1(CCCCC1)CC2)C(F)(F)F. The second-order valence-electron chi connectivity index (χ2n) is 6.10. The molecule has 0 saturated heterocycles. The highest BCUT2D eigenvalue weighted by atomic mass is 32.2. The summed E-state index contributed by atoms with van der Waals surface area (Å²) in [6.45, 7) is 0. The molecule has 1 fully saturated rings. The molecule has 1 saturated carbocycles. The maximum atomic E-state index is 12.4. The first-order valence-electron chi connectivity index (χ1n) is 7.54. The van der Waals surface area contributed by atoms with Crippen molar-refractivity contribution in [1.82, 2.24) is 0 Å². The van der Waals surface area contributed by atoms with Crippen molar-refractivity contribution in [1.29, 1.82) is 0 Å². The van der Waals surface area contributed by atoms with Crippen LogP contribution in [0, 0.1) is 0 Å². The van der Waals surface area contributed by atoms with Gasteiger partial charge in [-0.15, -0.1) is 0 Å². The van der Waals surface area contributed by atoms with Gasteiger partial charge < -0.3 is 8.92 Å². The van der Waals surface area contributed by atoms with Gasteiger partial charge in [0.2, 0.25) is 0 Å². The predicted molar refractivity (Wildman–Crippen MR) is 76.8 cm³/mol. The van der Waals surface area contributed by atoms with Gasteiger partial charge in [-0.05, 0) is 50.2 Å². The van der Waals surface area contributed by atoms with Gasteiger partial charge in [-0.1, -0.05) is 12.5 Å². The smallest absolute Gasteiger partial charge is 0.487 e. The van der Waals surface area contributed by atoms with Crippen LogP contribution >= 0.6 is 0 Å². The summed E-state index contributed by atoms with van der Waals surface area (Å²) >= 11 is 0. The quantitative estimate of drug-likeness (QED) is 0.599. The summed E-state index contributed by atoms with van der Waals surface area (Å²) in [6.07, 6.45) is 6.76. The summed E-state index contributed by atoms with van der Waals surface area (Å²) < 4.78 is 69.6. The highest BCUT2D eigenvalue weighted by Crippen LogP contribution is 2.43. The van der Waals surface area contributed by atoms with Crippen LogP contribution in [0.25, 0.3) is 0 Å². The Morgan fingerprint density at radius 3 is 2.43 bits per heavy atom. The zero-order valence-electron chi connectivity index (χ0n) is 12.4. The molecule has 1 spiro atoms. The van der Waals surface area contributed by atoms with Crippen molar-refractivity contribution >= 4 is 10.1 Å². The second kappa shape index (κ2) is 5.58. The zero-order valence-corrected chi connectivity index (χ0v) is 13.2. The lowest BCUT2D eigenvalue weighted by Crippen LogP contribution is -2.41. The predicted octanol–water partition coefficient (Wildman–Crippen LogP) is 3.94. The molecule has 8 heteroatoms. The molecule has 0 atom stereocenters. The Labute approximate surface area is 132 Å². The summed E-state index contributed by atoms with van der Waals surface area (Å²) in [5.41, 5.74) is -4.86. The third kappa shape index (κ3) is 3.27. The van der Waals surface area contributed by atoms with E-state index in [0.717, 1.165) is 50.5 Å². The molecule has 1 aliphatic heterocycles. The monoisotopic (exact) mass is 350 g/mol. The number of ether oxygens (including phenoxy) is 1. The molecule has 4 nitrogen and oxygen atoms in total. The Balaban J connectivity index is 1.84. The lowest BCUT2D eigenvalue weighted by molar-refractivity contribution is -0.0500. The van der Waals surface area contributed by atoms with Crippen LogP contribution in [0.3, 0.4) is 0 Å². The highest BCUT2D eigenvalue weighted by Gasteiger charge is 2.48. The van der Waals surface area contributed by atoms with Gasteiger partial charge in [-0.25, -0.2) is 0 Å². The minimum Gasteiger partial charge on any atom is -0.487 e. The molecule has 0 amide bonds. The van der Waals surface area contributed by atoms with E-state index in [4.69, 9.17) is 4.74 Å². The minimum absolute atomic E-state index is 0.271. The summed E-state index contributed by atoms with van der Waals surface area (Å²) in [7, 11) is -5.67. The van der Waals surface area contributed by atoms with E-state index in [1.54, 1.807) is 6.07 Å². The number of hydrogen-bond acceptors (Lipinski definition) is 4. The lowest BCUT2D eigenvalue weighted by atomic mass is 9.79. The van der Waals surface area contributed by atoms with Crippen molar-refractivity contribution < 1.29 is 30.5 Å². The van der Waals surface area contributed by atoms with E-state index in [1.165, 1.54) is 12.1 Å². The Morgan fingerprint density at radius 1 is 1.09 bits per heavy atom. The van der Waals surface area contributed by atoms with Crippen molar-refractivity contribution in [3.05, 3.63) is 23.8 Å². The van der Waals surface area contributed by atoms with Crippen LogP contribution in [0.15, 0.2) is 18.2 Å². The van der Waals surface area contributed by atoms with Gasteiger partial charge in [0, 0.05) is 6.07 Å². The van der Waals surface area contributed by atoms with E-state index in [0.29, 0.717) is 5.75 Å². The molecular formula is C15H17F3O4S. The van der Waals surface area contributed by atoms with E-state index in [2.05, 4.69) is 4.18 Å². The van der Waals surface area contributed by atoms with Crippen molar-refractivity contribution in [2.75, 3.05) is 0 Å². The minimum atomic E-state index is -5.67. The van der Waals surface area contributed by atoms with Crippen LogP contribution in [0.2, 0.25) is 0 Å². The fourth-order valence-electron chi connectivity index (χ4n) is 3.26. The van der Waals surface area contributed by atoms with Crippen LogP contribution < -0.4 is 8.92 Å². The van der Waals surface area contributed by atoms with Gasteiger partial charge in [-0.2, -0.15) is 21.6 Å². The van der Waals surface area contributed by atoms with Gasteiger partial charge in [0.1, 0.15) is 17.1 Å². The van der Waals surface area contributed by atoms with Crippen LogP contribution in [0.1, 0.15) is 44.1 Å². The second-order valence-corrected chi connectivity index (χ2v) is 7.64. The van der Waals surface area contributed by atoms with Crippen molar-refractivity contribution in [2.24, 2.45) is 0 Å². The average Bonchev–Trinajstić information content (AvgIpc) is 2.46. The van der Waals surface area contributed by atoms with Crippen molar-refractivity contribution in [3.8, 4) is 11.5 Å². The molecule has 0 unspecified atom stereocenters. The molecule has 0 aromatic heterocycles. The number of alkyl halides is 3. The fourth-order valence-corrected chi connectivity index (χ4v) is 3.71. The van der Waals surface area contributed by atoms with Gasteiger partial charge >= 0.3 is 15.6 Å². The Hall–Kier alpha value is -1.44. The highest BCUT2D eigenvalue weighted by molar-refractivity contribution is 7.88. The van der Waals surface area contributed by atoms with Gasteiger partial charge in [0.05, 0.1) is 0 Å². The summed E-state index contributed by atoms with van der Waals surface area (Å²) in [5, 5.41) is 0. The van der Waals surface area contributed by atoms with Crippen molar-refractivity contribution in [3.63, 3.8) is 0 Å². The topological polar surface area (TPSA) is 52.6 Å². The molecule has 1 heterocycles. The molecule has 23 heavy (non-hydrogen) atoms. The third-order valence-corrected chi connectivity index (χ3v) is 5.45. The summed E-state index contributed by atoms with van der Waals surface area (Å²) in [6, 6.07) is 4.03. The van der Waals surface area contributed by atoms with Crippen LogP contribution in [0.5, 0.6) is 11.5 Å². The lowest BCUT2D eigenvalue weighted by Gasteiger charge is -2.41.